The molecular formula is C17H17NO5S. The molecule has 1 aromatic heterocycles. The van der Waals surface area contributed by atoms with Gasteiger partial charge in [-0.3, -0.25) is 9.59 Å². The Morgan fingerprint density at radius 3 is 2.50 bits per heavy atom. The second-order valence-corrected chi connectivity index (χ2v) is 5.43. The Morgan fingerprint density at radius 2 is 1.88 bits per heavy atom. The van der Waals surface area contributed by atoms with Crippen molar-refractivity contribution in [3.05, 3.63) is 48.4 Å². The summed E-state index contributed by atoms with van der Waals surface area (Å²) < 4.78 is 15.4. The molecule has 0 unspecified atom stereocenters. The monoisotopic (exact) mass is 347 g/mol. The number of hydrogen-bond donors (Lipinski definition) is 1. The first kappa shape index (κ1) is 17.7. The van der Waals surface area contributed by atoms with Gasteiger partial charge >= 0.3 is 0 Å². The third-order valence-corrected chi connectivity index (χ3v) is 3.35. The molecule has 0 aliphatic rings. The number of nitrogens with one attached hydrogen (secondary N) is 1. The molecule has 7 heteroatoms. The summed E-state index contributed by atoms with van der Waals surface area (Å²) in [6.07, 6.45) is 1.47. The topological polar surface area (TPSA) is 77.8 Å². The number of Topliss-reactive ketones (excluding diaryl/α,β-unsaturated/α-hetero) is 1. The van der Waals surface area contributed by atoms with Crippen LogP contribution in [0, 0.1) is 0 Å². The van der Waals surface area contributed by atoms with Gasteiger partial charge in [-0.05, 0) is 36.4 Å². The molecule has 2 rings (SSSR count). The number of ketones is 1. The van der Waals surface area contributed by atoms with E-state index in [1.54, 1.807) is 43.5 Å². The van der Waals surface area contributed by atoms with Crippen molar-refractivity contribution in [1.29, 1.82) is 0 Å². The van der Waals surface area contributed by atoms with E-state index in [0.29, 0.717) is 16.4 Å². The molecule has 2 aromatic rings. The standard InChI is InChI=1S/C17H17NO5S/c1-21-12-4-6-13(7-5-12)23-11-17(20)18-10-14(24)9-15(19)16-3-2-8-22-16/h2-8H,9-11H2,1H3,(H,18,20). The first-order valence-electron chi connectivity index (χ1n) is 7.20. The maximum atomic E-state index is 11.8. The Labute approximate surface area is 144 Å². The van der Waals surface area contributed by atoms with Crippen molar-refractivity contribution in [2.45, 2.75) is 6.42 Å². The molecular weight excluding hydrogens is 330 g/mol. The fraction of sp³-hybridized carbons (Fsp3) is 0.235. The molecule has 0 spiro atoms. The van der Waals surface area contributed by atoms with Crippen molar-refractivity contribution in [1.82, 2.24) is 5.32 Å². The van der Waals surface area contributed by atoms with Gasteiger partial charge in [0.2, 0.25) is 5.78 Å². The summed E-state index contributed by atoms with van der Waals surface area (Å²) in [6, 6.07) is 10.1. The highest BCUT2D eigenvalue weighted by atomic mass is 32.1. The van der Waals surface area contributed by atoms with Crippen LogP contribution in [0.15, 0.2) is 47.1 Å². The number of furan rings is 1. The molecule has 0 aliphatic carbocycles. The van der Waals surface area contributed by atoms with Crippen LogP contribution in [0.25, 0.3) is 0 Å². The van der Waals surface area contributed by atoms with Gasteiger partial charge in [-0.25, -0.2) is 0 Å². The lowest BCUT2D eigenvalue weighted by atomic mass is 10.2. The Bertz CT molecular complexity index is 694. The largest absolute Gasteiger partial charge is 0.497 e. The van der Waals surface area contributed by atoms with E-state index in [4.69, 9.17) is 26.1 Å². The van der Waals surface area contributed by atoms with E-state index < -0.39 is 0 Å². The maximum Gasteiger partial charge on any atom is 0.258 e. The molecule has 1 aromatic carbocycles. The minimum Gasteiger partial charge on any atom is -0.497 e. The van der Waals surface area contributed by atoms with Crippen molar-refractivity contribution in [3.8, 4) is 11.5 Å². The van der Waals surface area contributed by atoms with Crippen molar-refractivity contribution >= 4 is 28.8 Å². The first-order chi connectivity index (χ1) is 11.6. The number of hydrogen-bond acceptors (Lipinski definition) is 6. The van der Waals surface area contributed by atoms with Crippen LogP contribution in [0.2, 0.25) is 0 Å². The number of ether oxygens (including phenoxy) is 2. The average Bonchev–Trinajstić information content (AvgIpc) is 3.13. The van der Waals surface area contributed by atoms with Crippen LogP contribution >= 0.6 is 12.2 Å². The van der Waals surface area contributed by atoms with Gasteiger partial charge in [0, 0.05) is 17.8 Å². The highest BCUT2D eigenvalue weighted by molar-refractivity contribution is 7.80. The predicted octanol–water partition coefficient (Wildman–Crippen LogP) is 2.43. The van der Waals surface area contributed by atoms with E-state index in [1.807, 2.05) is 0 Å². The van der Waals surface area contributed by atoms with Gasteiger partial charge in [-0.2, -0.15) is 0 Å². The van der Waals surface area contributed by atoms with Crippen LogP contribution in [0.1, 0.15) is 17.0 Å². The average molecular weight is 347 g/mol. The van der Waals surface area contributed by atoms with E-state index in [9.17, 15) is 9.59 Å². The summed E-state index contributed by atoms with van der Waals surface area (Å²) >= 11 is 5.10. The molecule has 0 aliphatic heterocycles. The maximum absolute atomic E-state index is 11.8. The molecule has 0 saturated heterocycles. The molecule has 0 saturated carbocycles. The number of thiocarbonyl (C=S) groups is 1. The lowest BCUT2D eigenvalue weighted by Crippen LogP contribution is -2.33. The fourth-order valence-corrected chi connectivity index (χ4v) is 2.04. The third kappa shape index (κ3) is 5.51. The molecule has 6 nitrogen and oxygen atoms in total. The minimum atomic E-state index is -0.321. The zero-order valence-corrected chi connectivity index (χ0v) is 13.9. The smallest absolute Gasteiger partial charge is 0.258 e. The quantitative estimate of drug-likeness (QED) is 0.554. The van der Waals surface area contributed by atoms with Gasteiger partial charge in [0.05, 0.1) is 13.4 Å². The molecule has 0 fully saturated rings. The summed E-state index contributed by atoms with van der Waals surface area (Å²) in [5, 5.41) is 2.61. The van der Waals surface area contributed by atoms with E-state index in [0.717, 1.165) is 0 Å². The Hall–Kier alpha value is -2.67. The first-order valence-corrected chi connectivity index (χ1v) is 7.61. The summed E-state index contributed by atoms with van der Waals surface area (Å²) in [4.78, 5) is 24.0. The van der Waals surface area contributed by atoms with Gasteiger partial charge in [-0.1, -0.05) is 12.2 Å². The lowest BCUT2D eigenvalue weighted by Gasteiger charge is -2.08. The van der Waals surface area contributed by atoms with E-state index >= 15 is 0 Å². The van der Waals surface area contributed by atoms with Crippen molar-refractivity contribution in [2.24, 2.45) is 0 Å². The molecule has 126 valence electrons. The van der Waals surface area contributed by atoms with Crippen LogP contribution in [-0.2, 0) is 4.79 Å². The number of benzene rings is 1. The molecule has 1 heterocycles. The SMILES string of the molecule is COc1ccc(OCC(=O)NCC(=S)CC(=O)c2ccco2)cc1. The fourth-order valence-electron chi connectivity index (χ4n) is 1.83. The zero-order chi connectivity index (χ0) is 17.4. The highest BCUT2D eigenvalue weighted by Crippen LogP contribution is 2.16. The normalized spacial score (nSPS) is 10.0. The second-order valence-electron chi connectivity index (χ2n) is 4.86. The Morgan fingerprint density at radius 1 is 1.17 bits per heavy atom. The summed E-state index contributed by atoms with van der Waals surface area (Å²) in [6.45, 7) is -0.00629. The summed E-state index contributed by atoms with van der Waals surface area (Å²) in [5.41, 5.74) is 0. The zero-order valence-electron chi connectivity index (χ0n) is 13.1. The summed E-state index contributed by atoms with van der Waals surface area (Å²) in [7, 11) is 1.57. The van der Waals surface area contributed by atoms with Gasteiger partial charge in [0.25, 0.3) is 5.91 Å². The Balaban J connectivity index is 1.68. The van der Waals surface area contributed by atoms with Crippen molar-refractivity contribution in [3.63, 3.8) is 0 Å². The van der Waals surface area contributed by atoms with E-state index in [2.05, 4.69) is 5.32 Å². The van der Waals surface area contributed by atoms with Gasteiger partial charge in [-0.15, -0.1) is 0 Å². The summed E-state index contributed by atoms with van der Waals surface area (Å²) in [5.74, 6) is 0.985. The van der Waals surface area contributed by atoms with Gasteiger partial charge < -0.3 is 19.2 Å². The third-order valence-electron chi connectivity index (χ3n) is 3.07. The molecule has 0 bridgehead atoms. The molecule has 1 amide bonds. The number of amides is 1. The van der Waals surface area contributed by atoms with Crippen LogP contribution in [-0.4, -0.2) is 36.8 Å². The number of carbonyl (C=O) groups is 2. The number of rotatable bonds is 9. The number of methoxy groups -OCH3 is 1. The van der Waals surface area contributed by atoms with Crippen LogP contribution < -0.4 is 14.8 Å². The van der Waals surface area contributed by atoms with Crippen molar-refractivity contribution < 1.29 is 23.5 Å². The van der Waals surface area contributed by atoms with Crippen LogP contribution in [0.5, 0.6) is 11.5 Å². The van der Waals surface area contributed by atoms with Crippen LogP contribution in [0.4, 0.5) is 0 Å². The minimum absolute atomic E-state index is 0.0441. The molecule has 24 heavy (non-hydrogen) atoms. The van der Waals surface area contributed by atoms with Crippen LogP contribution in [0.3, 0.4) is 0 Å². The number of carbonyl (C=O) groups excluding carboxylic acids is 2. The molecule has 0 radical (unpaired) electrons. The van der Waals surface area contributed by atoms with Crippen molar-refractivity contribution in [2.75, 3.05) is 20.3 Å². The van der Waals surface area contributed by atoms with E-state index in [-0.39, 0.29) is 37.0 Å². The highest BCUT2D eigenvalue weighted by Gasteiger charge is 2.12. The second kappa shape index (κ2) is 8.83. The van der Waals surface area contributed by atoms with Gasteiger partial charge in [0.1, 0.15) is 11.5 Å². The Kier molecular flexibility index (Phi) is 6.51. The van der Waals surface area contributed by atoms with Gasteiger partial charge in [0.15, 0.2) is 12.4 Å². The van der Waals surface area contributed by atoms with E-state index in [1.165, 1.54) is 6.26 Å². The molecule has 0 atom stereocenters. The molecule has 1 N–H and O–H groups in total. The lowest BCUT2D eigenvalue weighted by molar-refractivity contribution is -0.122. The predicted molar refractivity (Wildman–Crippen MR) is 91.8 cm³/mol.